The maximum absolute atomic E-state index is 13.0. The van der Waals surface area contributed by atoms with Crippen molar-refractivity contribution in [3.63, 3.8) is 0 Å². The highest BCUT2D eigenvalue weighted by atomic mass is 32.2. The van der Waals surface area contributed by atoms with Crippen molar-refractivity contribution in [2.45, 2.75) is 18.0 Å². The Morgan fingerprint density at radius 3 is 2.27 bits per heavy atom. The second-order valence-corrected chi connectivity index (χ2v) is 8.58. The largest absolute Gasteiger partial charge is 0.497 e. The third-order valence-corrected chi connectivity index (χ3v) is 6.08. The molecule has 0 spiro atoms. The van der Waals surface area contributed by atoms with E-state index in [9.17, 15) is 13.2 Å². The fourth-order valence-electron chi connectivity index (χ4n) is 3.18. The number of nitrogens with zero attached hydrogens (tertiary/aromatic N) is 1. The number of hydrogen-bond acceptors (Lipinski definition) is 7. The van der Waals surface area contributed by atoms with Crippen molar-refractivity contribution in [1.29, 1.82) is 0 Å². The molecule has 8 nitrogen and oxygen atoms in total. The van der Waals surface area contributed by atoms with E-state index in [2.05, 4.69) is 0 Å². The Morgan fingerprint density at radius 1 is 0.879 bits per heavy atom. The first-order chi connectivity index (χ1) is 16.0. The van der Waals surface area contributed by atoms with Crippen molar-refractivity contribution in [2.24, 2.45) is 0 Å². The van der Waals surface area contributed by atoms with Gasteiger partial charge in [-0.3, -0.25) is 4.79 Å². The molecule has 4 aromatic rings. The molecule has 4 rings (SSSR count). The van der Waals surface area contributed by atoms with Gasteiger partial charge in [0.1, 0.15) is 22.2 Å². The van der Waals surface area contributed by atoms with Gasteiger partial charge in [0, 0.05) is 5.56 Å². The SMILES string of the molecule is COc1ccc(S(=O)(=O)Oc2ccccc2CN(Cc2ccco2)C(=O)c2ccco2)cc1. The molecular weight excluding hydrogens is 446 g/mol. The van der Waals surface area contributed by atoms with Crippen molar-refractivity contribution in [3.8, 4) is 11.5 Å². The number of ether oxygens (including phenoxy) is 1. The van der Waals surface area contributed by atoms with E-state index in [1.165, 1.54) is 48.8 Å². The van der Waals surface area contributed by atoms with E-state index in [1.807, 2.05) is 0 Å². The first kappa shape index (κ1) is 22.2. The Labute approximate surface area is 191 Å². The minimum atomic E-state index is -4.11. The van der Waals surface area contributed by atoms with E-state index < -0.39 is 10.1 Å². The van der Waals surface area contributed by atoms with Gasteiger partial charge in [0.05, 0.1) is 32.7 Å². The van der Waals surface area contributed by atoms with Crippen LogP contribution >= 0.6 is 0 Å². The van der Waals surface area contributed by atoms with E-state index in [0.717, 1.165) is 0 Å². The average Bonchev–Trinajstić information content (AvgIpc) is 3.54. The Hall–Kier alpha value is -3.98. The summed E-state index contributed by atoms with van der Waals surface area (Å²) in [5.41, 5.74) is 0.501. The minimum Gasteiger partial charge on any atom is -0.497 e. The average molecular weight is 467 g/mol. The molecule has 0 atom stereocenters. The zero-order chi connectivity index (χ0) is 23.3. The Bertz CT molecular complexity index is 1300. The lowest BCUT2D eigenvalue weighted by Gasteiger charge is -2.22. The standard InChI is InChI=1S/C24H21NO7S/c1-29-19-10-12-21(13-11-19)33(27,28)32-22-8-3-2-6-18(22)16-25(17-20-7-4-14-30-20)24(26)23-9-5-15-31-23/h2-15H,16-17H2,1H3. The number of hydrogen-bond donors (Lipinski definition) is 0. The zero-order valence-corrected chi connectivity index (χ0v) is 18.5. The molecule has 0 unspecified atom stereocenters. The molecule has 9 heteroatoms. The predicted molar refractivity (Wildman–Crippen MR) is 118 cm³/mol. The van der Waals surface area contributed by atoms with Crippen LogP contribution in [-0.2, 0) is 23.2 Å². The second kappa shape index (κ2) is 9.66. The number of furan rings is 2. The summed E-state index contributed by atoms with van der Waals surface area (Å²) < 4.78 is 46.9. The smallest absolute Gasteiger partial charge is 0.339 e. The van der Waals surface area contributed by atoms with Gasteiger partial charge >= 0.3 is 10.1 Å². The van der Waals surface area contributed by atoms with Gasteiger partial charge in [0.2, 0.25) is 0 Å². The van der Waals surface area contributed by atoms with Gasteiger partial charge in [-0.15, -0.1) is 0 Å². The summed E-state index contributed by atoms with van der Waals surface area (Å²) in [6.45, 7) is 0.223. The molecule has 0 saturated carbocycles. The van der Waals surface area contributed by atoms with Crippen LogP contribution in [0.5, 0.6) is 11.5 Å². The van der Waals surface area contributed by atoms with Gasteiger partial charge in [0.25, 0.3) is 5.91 Å². The zero-order valence-electron chi connectivity index (χ0n) is 17.7. The Kier molecular flexibility index (Phi) is 6.50. The number of benzene rings is 2. The Balaban J connectivity index is 1.61. The van der Waals surface area contributed by atoms with Crippen LogP contribution in [0.3, 0.4) is 0 Å². The third kappa shape index (κ3) is 5.27. The number of carbonyl (C=O) groups excluding carboxylic acids is 1. The lowest BCUT2D eigenvalue weighted by molar-refractivity contribution is 0.0684. The van der Waals surface area contributed by atoms with Crippen LogP contribution in [-0.4, -0.2) is 26.3 Å². The van der Waals surface area contributed by atoms with E-state index in [-0.39, 0.29) is 35.4 Å². The van der Waals surface area contributed by atoms with E-state index in [0.29, 0.717) is 17.1 Å². The molecule has 0 N–H and O–H groups in total. The van der Waals surface area contributed by atoms with Gasteiger partial charge in [0.15, 0.2) is 5.76 Å². The van der Waals surface area contributed by atoms with Gasteiger partial charge in [-0.05, 0) is 54.6 Å². The fourth-order valence-corrected chi connectivity index (χ4v) is 4.14. The molecule has 0 saturated heterocycles. The number of rotatable bonds is 9. The molecule has 1 amide bonds. The van der Waals surface area contributed by atoms with Crippen molar-refractivity contribution in [2.75, 3.05) is 7.11 Å². The summed E-state index contributed by atoms with van der Waals surface area (Å²) in [7, 11) is -2.61. The van der Waals surface area contributed by atoms with Crippen LogP contribution < -0.4 is 8.92 Å². The Morgan fingerprint density at radius 2 is 1.61 bits per heavy atom. The molecular formula is C24H21NO7S. The van der Waals surface area contributed by atoms with Crippen LogP contribution in [0.15, 0.2) is 99.1 Å². The van der Waals surface area contributed by atoms with Crippen LogP contribution in [0.25, 0.3) is 0 Å². The van der Waals surface area contributed by atoms with Gasteiger partial charge in [-0.25, -0.2) is 0 Å². The summed E-state index contributed by atoms with van der Waals surface area (Å²) in [5.74, 6) is 0.999. The quantitative estimate of drug-likeness (QED) is 0.334. The van der Waals surface area contributed by atoms with Gasteiger partial charge in [-0.1, -0.05) is 18.2 Å². The molecule has 2 heterocycles. The number of methoxy groups -OCH3 is 1. The molecule has 33 heavy (non-hydrogen) atoms. The van der Waals surface area contributed by atoms with Crippen molar-refractivity contribution >= 4 is 16.0 Å². The summed E-state index contributed by atoms with van der Waals surface area (Å²) in [5, 5.41) is 0. The topological polar surface area (TPSA) is 99.2 Å². The fraction of sp³-hybridized carbons (Fsp3) is 0.125. The number of carbonyl (C=O) groups is 1. The highest BCUT2D eigenvalue weighted by Crippen LogP contribution is 2.26. The summed E-state index contributed by atoms with van der Waals surface area (Å²) in [4.78, 5) is 14.5. The van der Waals surface area contributed by atoms with Crippen molar-refractivity contribution in [3.05, 3.63) is 102 Å². The molecule has 0 fully saturated rings. The van der Waals surface area contributed by atoms with Gasteiger partial charge in [-0.2, -0.15) is 8.42 Å². The molecule has 0 bridgehead atoms. The second-order valence-electron chi connectivity index (χ2n) is 7.04. The monoisotopic (exact) mass is 467 g/mol. The first-order valence-electron chi connectivity index (χ1n) is 9.98. The van der Waals surface area contributed by atoms with Crippen LogP contribution in [0, 0.1) is 0 Å². The summed E-state index contributed by atoms with van der Waals surface area (Å²) in [6.07, 6.45) is 2.93. The summed E-state index contributed by atoms with van der Waals surface area (Å²) >= 11 is 0. The highest BCUT2D eigenvalue weighted by molar-refractivity contribution is 7.87. The van der Waals surface area contributed by atoms with Crippen molar-refractivity contribution < 1.29 is 31.0 Å². The third-order valence-electron chi connectivity index (χ3n) is 4.83. The van der Waals surface area contributed by atoms with E-state index in [4.69, 9.17) is 17.8 Å². The van der Waals surface area contributed by atoms with E-state index in [1.54, 1.807) is 48.5 Å². The molecule has 0 aliphatic heterocycles. The molecule has 0 radical (unpaired) electrons. The molecule has 170 valence electrons. The van der Waals surface area contributed by atoms with Gasteiger partial charge < -0.3 is 22.7 Å². The summed E-state index contributed by atoms with van der Waals surface area (Å²) in [6, 6.07) is 19.2. The molecule has 0 aliphatic carbocycles. The molecule has 2 aromatic heterocycles. The number of amides is 1. The predicted octanol–water partition coefficient (Wildman–Crippen LogP) is 4.49. The first-order valence-corrected chi connectivity index (χ1v) is 11.4. The maximum atomic E-state index is 13.0. The highest BCUT2D eigenvalue weighted by Gasteiger charge is 2.23. The van der Waals surface area contributed by atoms with Crippen LogP contribution in [0.1, 0.15) is 21.9 Å². The normalized spacial score (nSPS) is 11.2. The van der Waals surface area contributed by atoms with Crippen molar-refractivity contribution in [1.82, 2.24) is 4.90 Å². The van der Waals surface area contributed by atoms with Crippen LogP contribution in [0.2, 0.25) is 0 Å². The molecule has 2 aromatic carbocycles. The molecule has 0 aliphatic rings. The van der Waals surface area contributed by atoms with Crippen LogP contribution in [0.4, 0.5) is 0 Å². The number of para-hydroxylation sites is 1. The van der Waals surface area contributed by atoms with E-state index >= 15 is 0 Å². The maximum Gasteiger partial charge on any atom is 0.339 e. The lowest BCUT2D eigenvalue weighted by atomic mass is 10.2. The minimum absolute atomic E-state index is 0.0165. The lowest BCUT2D eigenvalue weighted by Crippen LogP contribution is -2.30.